The Hall–Kier alpha value is -14.4. The summed E-state index contributed by atoms with van der Waals surface area (Å²) in [5, 5.41) is 30.1. The number of hydrogen-bond acceptors (Lipinski definition) is 22. The number of methoxy groups -OCH3 is 1. The molecule has 1 aliphatic heterocycles. The molecule has 12 rings (SSSR count). The lowest BCUT2D eigenvalue weighted by Crippen LogP contribution is -2.40. The number of halogens is 2. The second-order valence-electron chi connectivity index (χ2n) is 26.0. The van der Waals surface area contributed by atoms with Crippen LogP contribution in [0, 0.1) is 29.9 Å². The first-order valence-corrected chi connectivity index (χ1v) is 35.7. The maximum atomic E-state index is 14.4. The number of benzene rings is 7. The van der Waals surface area contributed by atoms with Crippen LogP contribution in [0.3, 0.4) is 0 Å². The maximum absolute atomic E-state index is 14.4. The average molecular weight is 1560 g/mol. The molecule has 0 unspecified atom stereocenters. The van der Waals surface area contributed by atoms with E-state index in [1.165, 1.54) is 42.4 Å². The molecular weight excluding hydrogens is 1470 g/mol. The normalized spacial score (nSPS) is 11.2. The zero-order valence-electron chi connectivity index (χ0n) is 63.9. The van der Waals surface area contributed by atoms with Crippen molar-refractivity contribution in [3.8, 4) is 34.6 Å². The van der Waals surface area contributed by atoms with Crippen LogP contribution in [-0.4, -0.2) is 122 Å². The van der Waals surface area contributed by atoms with Gasteiger partial charge in [-0.2, -0.15) is 15.2 Å². The van der Waals surface area contributed by atoms with Crippen molar-refractivity contribution in [2.24, 2.45) is 7.05 Å². The van der Waals surface area contributed by atoms with E-state index in [2.05, 4.69) is 106 Å². The van der Waals surface area contributed by atoms with Crippen LogP contribution in [0.4, 0.5) is 77.9 Å². The number of rotatable bonds is 26. The second-order valence-corrected chi connectivity index (χ2v) is 26.0. The SMILES string of the molecule is C.C=CC(=O)Nc1cccc(Nc2nc(Nc3ccc(OCCOC)cc3)ncc2F)c1.C=CC(=O)Nc1cccc(Nc2nc(Nc3ccc(Oc4ccnc(C(=O)NC)c4)cc3)ncc2F)c1.CC#N.Cc1c(CC(=O)c2ccc(C(C)(C)C)cc2)cccc1-c1cn(C)c(=O)c(Nc2ccc(C(=O)N3CCOCC3)cc2)n1. The van der Waals surface area contributed by atoms with E-state index in [0.29, 0.717) is 113 Å². The zero-order valence-corrected chi connectivity index (χ0v) is 63.9. The van der Waals surface area contributed by atoms with Gasteiger partial charge in [-0.05, 0) is 156 Å². The zero-order chi connectivity index (χ0) is 81.7. The molecule has 115 heavy (non-hydrogen) atoms. The molecule has 0 aliphatic carbocycles. The van der Waals surface area contributed by atoms with Gasteiger partial charge in [-0.1, -0.05) is 96.0 Å². The fraction of sp³-hybridized carbons (Fsp3) is 0.198. The van der Waals surface area contributed by atoms with Gasteiger partial charge >= 0.3 is 0 Å². The number of anilines is 12. The van der Waals surface area contributed by atoms with Crippen molar-refractivity contribution in [3.63, 3.8) is 0 Å². The summed E-state index contributed by atoms with van der Waals surface area (Å²) in [6.45, 7) is 19.9. The molecule has 1 saturated heterocycles. The smallest absolute Gasteiger partial charge is 0.293 e. The van der Waals surface area contributed by atoms with Gasteiger partial charge in [0.15, 0.2) is 34.9 Å². The van der Waals surface area contributed by atoms with Crippen molar-refractivity contribution < 1.29 is 51.7 Å². The van der Waals surface area contributed by atoms with Crippen LogP contribution in [0.25, 0.3) is 11.3 Å². The van der Waals surface area contributed by atoms with E-state index in [1.54, 1.807) is 159 Å². The van der Waals surface area contributed by atoms with Crippen molar-refractivity contribution in [1.82, 2.24) is 44.7 Å². The number of carbonyl (C=O) groups is 5. The number of hydrogen-bond donors (Lipinski definition) is 8. The molecule has 0 atom stereocenters. The van der Waals surface area contributed by atoms with Crippen LogP contribution in [0.1, 0.15) is 83.0 Å². The van der Waals surface area contributed by atoms with Crippen molar-refractivity contribution in [2.45, 2.75) is 53.9 Å². The van der Waals surface area contributed by atoms with E-state index in [1.807, 2.05) is 49.4 Å². The third-order valence-corrected chi connectivity index (χ3v) is 16.8. The monoisotopic (exact) mass is 1560 g/mol. The van der Waals surface area contributed by atoms with Crippen LogP contribution >= 0.6 is 0 Å². The molecule has 4 amide bonds. The van der Waals surface area contributed by atoms with Crippen LogP contribution in [0.5, 0.6) is 17.2 Å². The Morgan fingerprint density at radius 1 is 0.617 bits per heavy atom. The summed E-state index contributed by atoms with van der Waals surface area (Å²) in [4.78, 5) is 101. The number of amides is 4. The average Bonchev–Trinajstić information content (AvgIpc) is 0.794. The number of ketones is 1. The minimum absolute atomic E-state index is 0. The molecule has 7 aromatic carbocycles. The van der Waals surface area contributed by atoms with Gasteiger partial charge in [0.2, 0.25) is 23.7 Å². The van der Waals surface area contributed by atoms with Crippen molar-refractivity contribution in [1.29, 1.82) is 5.26 Å². The van der Waals surface area contributed by atoms with Crippen molar-refractivity contribution in [2.75, 3.05) is 90.9 Å². The molecule has 29 heteroatoms. The summed E-state index contributed by atoms with van der Waals surface area (Å²) in [6, 6.07) is 53.3. The molecule has 1 fully saturated rings. The summed E-state index contributed by atoms with van der Waals surface area (Å²) in [6.07, 6.45) is 7.90. The summed E-state index contributed by atoms with van der Waals surface area (Å²) < 4.78 is 51.7. The predicted molar refractivity (Wildman–Crippen MR) is 443 cm³/mol. The number of aryl methyl sites for hydroxylation is 1. The number of pyridine rings is 1. The van der Waals surface area contributed by atoms with Crippen LogP contribution < -0.4 is 57.6 Å². The van der Waals surface area contributed by atoms with Gasteiger partial charge in [0.1, 0.15) is 29.5 Å². The Morgan fingerprint density at radius 3 is 1.65 bits per heavy atom. The molecule has 0 radical (unpaired) electrons. The summed E-state index contributed by atoms with van der Waals surface area (Å²) >= 11 is 0. The molecule has 5 heterocycles. The summed E-state index contributed by atoms with van der Waals surface area (Å²) in [7, 11) is 4.82. The number of Topliss-reactive ketones (excluding diaryl/α,β-unsaturated/α-hetero) is 1. The van der Waals surface area contributed by atoms with Gasteiger partial charge in [-0.15, -0.1) is 0 Å². The fourth-order valence-corrected chi connectivity index (χ4v) is 10.8. The first-order chi connectivity index (χ1) is 54.9. The van der Waals surface area contributed by atoms with Gasteiger partial charge in [0, 0.05) is 123 Å². The van der Waals surface area contributed by atoms with E-state index in [4.69, 9.17) is 24.2 Å². The standard InChI is InChI=1S/C35H38N4O4.C26H22FN7O3.C22H22FN5O3.C2H3N.CH4/c1-23-26(21-31(40)24-9-13-27(14-10-24)35(2,3)4)7-6-8-29(23)30-22-38(5)34(42)32(37-30)36-28-15-11-25(12-16-28)33(41)39-17-19-43-20-18-39;1-3-23(35)31-17-5-4-6-18(13-17)32-24-21(27)15-30-26(34-24)33-16-7-9-19(10-8-16)37-20-11-12-29-22(14-20)25(36)28-2;1-3-20(29)25-16-5-4-6-17(13-16)26-21-19(23)14-24-22(28-21)27-15-7-9-18(10-8-15)31-12-11-30-2;1-2-3;/h6-16,22H,17-21H2,1-5H3,(H,36,37);3-15H,1H2,2H3,(H,28,36)(H,31,35)(H2,30,32,33,34);3-10,13-14H,1,11-12H2,2H3,(H,25,29)(H2,24,26,27,28);1H3;1H4. The first-order valence-electron chi connectivity index (χ1n) is 35.7. The van der Waals surface area contributed by atoms with Gasteiger partial charge < -0.3 is 70.9 Å². The maximum Gasteiger partial charge on any atom is 0.293 e. The van der Waals surface area contributed by atoms with Gasteiger partial charge in [0.05, 0.1) is 44.0 Å². The lowest BCUT2D eigenvalue weighted by Gasteiger charge is -2.26. The highest BCUT2D eigenvalue weighted by Crippen LogP contribution is 2.31. The van der Waals surface area contributed by atoms with E-state index in [-0.39, 0.29) is 89.3 Å². The van der Waals surface area contributed by atoms with Gasteiger partial charge in [0.25, 0.3) is 17.4 Å². The van der Waals surface area contributed by atoms with E-state index in [9.17, 15) is 37.5 Å². The summed E-state index contributed by atoms with van der Waals surface area (Å²) in [5.41, 5.74) is 9.85. The molecule has 592 valence electrons. The minimum Gasteiger partial charge on any atom is -0.491 e. The fourth-order valence-electron chi connectivity index (χ4n) is 10.8. The molecule has 0 bridgehead atoms. The molecule has 8 N–H and O–H groups in total. The lowest BCUT2D eigenvalue weighted by atomic mass is 9.86. The Bertz CT molecular complexity index is 5310. The molecular formula is C86H89F2N17O10. The minimum atomic E-state index is -0.650. The number of morpholine rings is 1. The first kappa shape index (κ1) is 86.2. The van der Waals surface area contributed by atoms with E-state index < -0.39 is 11.6 Å². The number of nitriles is 1. The van der Waals surface area contributed by atoms with E-state index in [0.717, 1.165) is 35.2 Å². The quantitative estimate of drug-likeness (QED) is 0.0142. The Morgan fingerprint density at radius 2 is 1.12 bits per heavy atom. The van der Waals surface area contributed by atoms with Gasteiger partial charge in [-0.3, -0.25) is 33.8 Å². The van der Waals surface area contributed by atoms with Crippen molar-refractivity contribution >= 4 is 98.6 Å². The highest BCUT2D eigenvalue weighted by atomic mass is 19.1. The second kappa shape index (κ2) is 42.2. The van der Waals surface area contributed by atoms with Crippen LogP contribution in [0.15, 0.2) is 231 Å². The molecule has 4 aromatic heterocycles. The van der Waals surface area contributed by atoms with Crippen LogP contribution in [-0.2, 0) is 37.9 Å². The molecule has 11 aromatic rings. The summed E-state index contributed by atoms with van der Waals surface area (Å²) in [5.74, 6) is -0.0829. The number of aromatic nitrogens is 7. The largest absolute Gasteiger partial charge is 0.491 e. The third kappa shape index (κ3) is 25.6. The molecule has 0 spiro atoms. The lowest BCUT2D eigenvalue weighted by molar-refractivity contribution is -0.112. The molecule has 0 saturated carbocycles. The highest BCUT2D eigenvalue weighted by molar-refractivity contribution is 6.00. The Labute approximate surface area is 665 Å². The Balaban J connectivity index is 0.000000214. The topological polar surface area (TPSA) is 345 Å². The molecule has 1 aliphatic rings. The van der Waals surface area contributed by atoms with Gasteiger partial charge in [-0.25, -0.2) is 23.7 Å². The number of ether oxygens (including phenoxy) is 4. The number of nitrogens with zero attached hydrogens (tertiary/aromatic N) is 9. The van der Waals surface area contributed by atoms with Crippen molar-refractivity contribution in [3.05, 3.63) is 282 Å². The molecule has 27 nitrogen and oxygen atoms in total. The Kier molecular flexibility index (Phi) is 31.6. The number of nitrogens with one attached hydrogen (secondary N) is 8. The van der Waals surface area contributed by atoms with E-state index >= 15 is 0 Å². The predicted octanol–water partition coefficient (Wildman–Crippen LogP) is 15.9. The third-order valence-electron chi connectivity index (χ3n) is 16.8. The number of carbonyl (C=O) groups excluding carboxylic acids is 5. The highest BCUT2D eigenvalue weighted by Gasteiger charge is 2.22. The van der Waals surface area contributed by atoms with Crippen LogP contribution in [0.2, 0.25) is 0 Å².